The Morgan fingerprint density at radius 1 is 1.00 bits per heavy atom. The number of hydrogen-bond donors (Lipinski definition) is 1. The number of benzene rings is 2. The monoisotopic (exact) mass is 507 g/mol. The van der Waals surface area contributed by atoms with E-state index in [0.29, 0.717) is 17.2 Å². The fourth-order valence-corrected chi connectivity index (χ4v) is 4.05. The van der Waals surface area contributed by atoms with Gasteiger partial charge in [0.1, 0.15) is 5.82 Å². The van der Waals surface area contributed by atoms with Crippen molar-refractivity contribution in [2.45, 2.75) is 18.5 Å². The minimum Gasteiger partial charge on any atom is -0.332 e. The molecule has 0 spiro atoms. The number of nitrogens with one attached hydrogen (secondary N) is 1. The van der Waals surface area contributed by atoms with Crippen molar-refractivity contribution in [3.05, 3.63) is 83.9 Å². The maximum Gasteiger partial charge on any atom is 0.416 e. The summed E-state index contributed by atoms with van der Waals surface area (Å²) in [5.41, 5.74) is -0.517. The van der Waals surface area contributed by atoms with Crippen molar-refractivity contribution in [1.82, 2.24) is 9.88 Å². The summed E-state index contributed by atoms with van der Waals surface area (Å²) < 4.78 is 82.1. The van der Waals surface area contributed by atoms with E-state index in [1.165, 1.54) is 30.6 Å². The van der Waals surface area contributed by atoms with Gasteiger partial charge in [-0.3, -0.25) is 14.6 Å². The fraction of sp³-hybridized carbons (Fsp3) is 0.240. The highest BCUT2D eigenvalue weighted by molar-refractivity contribution is 5.97. The summed E-state index contributed by atoms with van der Waals surface area (Å²) in [6.07, 6.45) is -2.60. The summed E-state index contributed by atoms with van der Waals surface area (Å²) in [4.78, 5) is 30.4. The van der Waals surface area contributed by atoms with Crippen molar-refractivity contribution in [2.75, 3.05) is 18.4 Å². The zero-order valence-corrected chi connectivity index (χ0v) is 18.5. The van der Waals surface area contributed by atoms with E-state index in [0.717, 1.165) is 23.1 Å². The molecule has 1 saturated heterocycles. The first-order valence-electron chi connectivity index (χ1n) is 10.8. The molecule has 0 bridgehead atoms. The molecular weight excluding hydrogens is 488 g/mol. The highest BCUT2D eigenvalue weighted by Crippen LogP contribution is 2.34. The largest absolute Gasteiger partial charge is 0.416 e. The number of carbonyl (C=O) groups excluding carboxylic acids is 2. The van der Waals surface area contributed by atoms with E-state index in [1.807, 2.05) is 0 Å². The van der Waals surface area contributed by atoms with Crippen LogP contribution in [0, 0.1) is 11.7 Å². The summed E-state index contributed by atoms with van der Waals surface area (Å²) in [5.74, 6) is -7.45. The molecule has 0 radical (unpaired) electrons. The lowest BCUT2D eigenvalue weighted by atomic mass is 9.93. The van der Waals surface area contributed by atoms with Crippen molar-refractivity contribution in [3.8, 4) is 11.1 Å². The maximum atomic E-state index is 14.5. The van der Waals surface area contributed by atoms with Crippen LogP contribution in [0.25, 0.3) is 11.1 Å². The Morgan fingerprint density at radius 3 is 2.42 bits per heavy atom. The van der Waals surface area contributed by atoms with Crippen LogP contribution in [0.1, 0.15) is 22.3 Å². The van der Waals surface area contributed by atoms with E-state index in [-0.39, 0.29) is 11.3 Å². The number of likely N-dealkylation sites (tertiary alicyclic amines) is 1. The van der Waals surface area contributed by atoms with Gasteiger partial charge < -0.3 is 10.2 Å². The Bertz CT molecular complexity index is 1280. The molecule has 36 heavy (non-hydrogen) atoms. The van der Waals surface area contributed by atoms with Crippen molar-refractivity contribution in [3.63, 3.8) is 0 Å². The molecule has 3 aromatic rings. The molecular formula is C25H19F6N3O2. The zero-order chi connectivity index (χ0) is 26.1. The number of aromatic nitrogens is 1. The smallest absolute Gasteiger partial charge is 0.332 e. The first-order chi connectivity index (χ1) is 16.9. The number of halogens is 6. The maximum absolute atomic E-state index is 14.5. The fourth-order valence-electron chi connectivity index (χ4n) is 4.05. The summed E-state index contributed by atoms with van der Waals surface area (Å²) in [6.45, 7) is -1.40. The molecule has 1 N–H and O–H groups in total. The first-order valence-corrected chi connectivity index (χ1v) is 10.8. The third kappa shape index (κ3) is 5.84. The Balaban J connectivity index is 1.55. The highest BCUT2D eigenvalue weighted by Gasteiger charge is 2.44. The molecule has 2 amide bonds. The van der Waals surface area contributed by atoms with Crippen molar-refractivity contribution < 1.29 is 35.9 Å². The average Bonchev–Trinajstić information content (AvgIpc) is 2.82. The number of carbonyl (C=O) groups is 2. The number of nitrogens with zero attached hydrogens (tertiary/aromatic N) is 2. The van der Waals surface area contributed by atoms with Gasteiger partial charge in [-0.05, 0) is 59.7 Å². The molecule has 0 saturated carbocycles. The van der Waals surface area contributed by atoms with Gasteiger partial charge in [-0.2, -0.15) is 13.2 Å². The Hall–Kier alpha value is -3.89. The van der Waals surface area contributed by atoms with Gasteiger partial charge in [-0.1, -0.05) is 6.07 Å². The van der Waals surface area contributed by atoms with Crippen LogP contribution in [0.5, 0.6) is 0 Å². The van der Waals surface area contributed by atoms with Gasteiger partial charge in [0.2, 0.25) is 5.91 Å². The van der Waals surface area contributed by atoms with Gasteiger partial charge in [-0.25, -0.2) is 13.2 Å². The predicted octanol–water partition coefficient (Wildman–Crippen LogP) is 5.64. The molecule has 188 valence electrons. The zero-order valence-electron chi connectivity index (χ0n) is 18.5. The molecule has 2 heterocycles. The predicted molar refractivity (Wildman–Crippen MR) is 119 cm³/mol. The van der Waals surface area contributed by atoms with E-state index in [2.05, 4.69) is 10.3 Å². The molecule has 2 aromatic carbocycles. The van der Waals surface area contributed by atoms with Crippen molar-refractivity contribution >= 4 is 17.5 Å². The number of alkyl halides is 5. The molecule has 1 atom stereocenters. The lowest BCUT2D eigenvalue weighted by molar-refractivity contribution is -0.137. The lowest BCUT2D eigenvalue weighted by Crippen LogP contribution is -2.52. The van der Waals surface area contributed by atoms with Crippen LogP contribution >= 0.6 is 0 Å². The van der Waals surface area contributed by atoms with Gasteiger partial charge in [0.05, 0.1) is 18.0 Å². The molecule has 0 aliphatic carbocycles. The second kappa shape index (κ2) is 9.63. The van der Waals surface area contributed by atoms with Crippen LogP contribution in [0.2, 0.25) is 0 Å². The molecule has 5 nitrogen and oxygen atoms in total. The van der Waals surface area contributed by atoms with E-state index in [4.69, 9.17) is 0 Å². The second-order valence-corrected chi connectivity index (χ2v) is 8.47. The minimum absolute atomic E-state index is 0.184. The van der Waals surface area contributed by atoms with Gasteiger partial charge in [0.15, 0.2) is 0 Å². The summed E-state index contributed by atoms with van der Waals surface area (Å²) in [5, 5.41) is 2.22. The summed E-state index contributed by atoms with van der Waals surface area (Å²) in [6, 6.07) is 10.4. The Morgan fingerprint density at radius 2 is 1.72 bits per heavy atom. The van der Waals surface area contributed by atoms with Gasteiger partial charge in [0, 0.05) is 36.6 Å². The second-order valence-electron chi connectivity index (χ2n) is 8.47. The van der Waals surface area contributed by atoms with Gasteiger partial charge >= 0.3 is 6.18 Å². The number of rotatable bonds is 4. The van der Waals surface area contributed by atoms with Gasteiger partial charge in [-0.15, -0.1) is 0 Å². The van der Waals surface area contributed by atoms with E-state index < -0.39 is 60.7 Å². The van der Waals surface area contributed by atoms with Gasteiger partial charge in [0.25, 0.3) is 11.8 Å². The van der Waals surface area contributed by atoms with Crippen LogP contribution < -0.4 is 5.32 Å². The normalized spacial score (nSPS) is 17.5. The number of hydrogen-bond acceptors (Lipinski definition) is 3. The third-order valence-electron chi connectivity index (χ3n) is 5.68. The summed E-state index contributed by atoms with van der Waals surface area (Å²) >= 11 is 0. The van der Waals surface area contributed by atoms with Crippen molar-refractivity contribution in [1.29, 1.82) is 0 Å². The molecule has 1 unspecified atom stereocenters. The third-order valence-corrected chi connectivity index (χ3v) is 5.68. The molecule has 11 heteroatoms. The number of amides is 2. The number of anilines is 1. The van der Waals surface area contributed by atoms with Crippen molar-refractivity contribution in [2.24, 2.45) is 5.92 Å². The number of piperidine rings is 1. The topological polar surface area (TPSA) is 62.3 Å². The standard InChI is InChI=1S/C25H19F6N3O2/c26-20-9-16(15-4-6-32-7-5-15)8-17(10-20)23(36)34-13-18(12-24(27,28)14-34)22(35)33-21-3-1-2-19(11-21)25(29,30)31/h1-11,18H,12-14H2,(H,33,35). The van der Waals surface area contributed by atoms with Crippen LogP contribution in [0.15, 0.2) is 67.0 Å². The van der Waals surface area contributed by atoms with E-state index >= 15 is 0 Å². The minimum atomic E-state index is -4.65. The lowest BCUT2D eigenvalue weighted by Gasteiger charge is -2.37. The van der Waals surface area contributed by atoms with Crippen LogP contribution in [0.4, 0.5) is 32.0 Å². The average molecular weight is 507 g/mol. The molecule has 1 aliphatic heterocycles. The van der Waals surface area contributed by atoms with Crippen LogP contribution in [-0.4, -0.2) is 40.7 Å². The van der Waals surface area contributed by atoms with E-state index in [9.17, 15) is 35.9 Å². The quantitative estimate of drug-likeness (QED) is 0.465. The number of pyridine rings is 1. The SMILES string of the molecule is O=C(Nc1cccc(C(F)(F)F)c1)C1CN(C(=O)c2cc(F)cc(-c3ccncc3)c2)CC(F)(F)C1. The Labute approximate surface area is 201 Å². The summed E-state index contributed by atoms with van der Waals surface area (Å²) in [7, 11) is 0. The molecule has 1 aromatic heterocycles. The highest BCUT2D eigenvalue weighted by atomic mass is 19.4. The van der Waals surface area contributed by atoms with Crippen LogP contribution in [-0.2, 0) is 11.0 Å². The molecule has 1 fully saturated rings. The van der Waals surface area contributed by atoms with Crippen LogP contribution in [0.3, 0.4) is 0 Å². The Kier molecular flexibility index (Phi) is 6.75. The first kappa shape index (κ1) is 25.2. The molecule has 1 aliphatic rings. The van der Waals surface area contributed by atoms with E-state index in [1.54, 1.807) is 12.1 Å². The molecule has 4 rings (SSSR count).